The molecule has 0 spiro atoms. The number of ether oxygens (including phenoxy) is 3. The molecule has 31 heavy (non-hydrogen) atoms. The molecular formula is C23H21N3O4S. The summed E-state index contributed by atoms with van der Waals surface area (Å²) < 4.78 is 24.6. The number of furan rings is 1. The van der Waals surface area contributed by atoms with E-state index in [-0.39, 0.29) is 0 Å². The van der Waals surface area contributed by atoms with Crippen LogP contribution in [0.15, 0.2) is 47.0 Å². The maximum atomic E-state index is 6.19. The Morgan fingerprint density at radius 2 is 1.81 bits per heavy atom. The van der Waals surface area contributed by atoms with Crippen molar-refractivity contribution in [1.29, 1.82) is 0 Å². The number of benzene rings is 2. The molecule has 0 aliphatic heterocycles. The smallest absolute Gasteiger partial charge is 0.294 e. The Morgan fingerprint density at radius 3 is 2.52 bits per heavy atom. The molecule has 0 radical (unpaired) electrons. The quantitative estimate of drug-likeness (QED) is 0.355. The van der Waals surface area contributed by atoms with Crippen LogP contribution in [-0.2, 0) is 6.61 Å². The van der Waals surface area contributed by atoms with Crippen LogP contribution in [0.5, 0.6) is 16.7 Å². The lowest BCUT2D eigenvalue weighted by Gasteiger charge is -2.10. The van der Waals surface area contributed by atoms with Gasteiger partial charge in [0.15, 0.2) is 5.76 Å². The van der Waals surface area contributed by atoms with Gasteiger partial charge < -0.3 is 18.6 Å². The number of imidazole rings is 1. The van der Waals surface area contributed by atoms with Crippen LogP contribution in [0, 0.1) is 13.8 Å². The molecule has 0 saturated heterocycles. The SMILES string of the molecule is COc1cc(OCc2cc(C)cc(C)c2)c2cc(-c3cn4nc(OC)sc4n3)oc2c1. The summed E-state index contributed by atoms with van der Waals surface area (Å²) in [6.07, 6.45) is 1.82. The predicted molar refractivity (Wildman–Crippen MR) is 119 cm³/mol. The lowest BCUT2D eigenvalue weighted by atomic mass is 10.1. The molecule has 0 N–H and O–H groups in total. The fourth-order valence-corrected chi connectivity index (χ4v) is 4.34. The van der Waals surface area contributed by atoms with Crippen molar-refractivity contribution in [3.63, 3.8) is 0 Å². The third-order valence-corrected chi connectivity index (χ3v) is 5.82. The van der Waals surface area contributed by atoms with Crippen molar-refractivity contribution in [1.82, 2.24) is 14.6 Å². The highest BCUT2D eigenvalue weighted by Crippen LogP contribution is 2.37. The minimum Gasteiger partial charge on any atom is -0.496 e. The minimum absolute atomic E-state index is 0.454. The first-order valence-corrected chi connectivity index (χ1v) is 10.6. The maximum Gasteiger partial charge on any atom is 0.294 e. The Bertz CT molecular complexity index is 1350. The van der Waals surface area contributed by atoms with Crippen LogP contribution in [0.25, 0.3) is 27.4 Å². The van der Waals surface area contributed by atoms with Gasteiger partial charge in [0.1, 0.15) is 29.4 Å². The normalized spacial score (nSPS) is 11.4. The van der Waals surface area contributed by atoms with Gasteiger partial charge in [0.25, 0.3) is 5.19 Å². The van der Waals surface area contributed by atoms with E-state index in [9.17, 15) is 0 Å². The standard InChI is InChI=1S/C23H21N3O4S/c1-13-5-14(2)7-15(6-13)12-29-19-8-16(27-3)9-20-17(19)10-21(30-20)18-11-26-22(24-18)31-23(25-26)28-4/h5-11H,12H2,1-4H3. The van der Waals surface area contributed by atoms with Crippen molar-refractivity contribution < 1.29 is 18.6 Å². The van der Waals surface area contributed by atoms with E-state index < -0.39 is 0 Å². The summed E-state index contributed by atoms with van der Waals surface area (Å²) in [5.41, 5.74) is 4.91. The zero-order valence-electron chi connectivity index (χ0n) is 17.6. The van der Waals surface area contributed by atoms with Gasteiger partial charge in [-0.3, -0.25) is 0 Å². The van der Waals surface area contributed by atoms with E-state index in [1.807, 2.05) is 24.4 Å². The molecule has 2 aromatic carbocycles. The highest BCUT2D eigenvalue weighted by atomic mass is 32.1. The van der Waals surface area contributed by atoms with E-state index in [0.29, 0.717) is 40.3 Å². The van der Waals surface area contributed by atoms with E-state index in [1.165, 1.54) is 22.5 Å². The molecule has 5 rings (SSSR count). The second kappa shape index (κ2) is 7.63. The number of rotatable bonds is 6. The molecular weight excluding hydrogens is 414 g/mol. The van der Waals surface area contributed by atoms with Crippen LogP contribution in [0.1, 0.15) is 16.7 Å². The van der Waals surface area contributed by atoms with Crippen LogP contribution in [-0.4, -0.2) is 28.8 Å². The Kier molecular flexibility index (Phi) is 4.78. The molecule has 0 aliphatic carbocycles. The minimum atomic E-state index is 0.454. The van der Waals surface area contributed by atoms with Crippen LogP contribution >= 0.6 is 11.3 Å². The van der Waals surface area contributed by atoms with Crippen molar-refractivity contribution in [2.45, 2.75) is 20.5 Å². The molecule has 0 atom stereocenters. The molecule has 158 valence electrons. The fraction of sp³-hybridized carbons (Fsp3) is 0.217. The van der Waals surface area contributed by atoms with Crippen molar-refractivity contribution in [3.8, 4) is 28.1 Å². The molecule has 3 heterocycles. The average Bonchev–Trinajstić information content (AvgIpc) is 3.43. The van der Waals surface area contributed by atoms with Crippen molar-refractivity contribution in [3.05, 3.63) is 59.3 Å². The first-order valence-electron chi connectivity index (χ1n) is 9.74. The van der Waals surface area contributed by atoms with E-state index in [4.69, 9.17) is 18.6 Å². The predicted octanol–water partition coefficient (Wildman–Crippen LogP) is 5.42. The second-order valence-electron chi connectivity index (χ2n) is 7.36. The molecule has 5 aromatic rings. The molecule has 0 unspecified atom stereocenters. The lowest BCUT2D eigenvalue weighted by Crippen LogP contribution is -1.97. The zero-order chi connectivity index (χ0) is 21.5. The van der Waals surface area contributed by atoms with Crippen molar-refractivity contribution >= 4 is 27.3 Å². The molecule has 0 saturated carbocycles. The van der Waals surface area contributed by atoms with Crippen molar-refractivity contribution in [2.75, 3.05) is 14.2 Å². The first kappa shape index (κ1) is 19.4. The summed E-state index contributed by atoms with van der Waals surface area (Å²) in [4.78, 5) is 5.34. The van der Waals surface area contributed by atoms with Gasteiger partial charge in [-0.2, -0.15) is 0 Å². The highest BCUT2D eigenvalue weighted by molar-refractivity contribution is 7.18. The van der Waals surface area contributed by atoms with Gasteiger partial charge in [-0.05, 0) is 36.8 Å². The first-order chi connectivity index (χ1) is 15.0. The average molecular weight is 436 g/mol. The number of hydrogen-bond donors (Lipinski definition) is 0. The van der Waals surface area contributed by atoms with E-state index in [0.717, 1.165) is 15.9 Å². The van der Waals surface area contributed by atoms with Crippen LogP contribution in [0.4, 0.5) is 0 Å². The fourth-order valence-electron chi connectivity index (χ4n) is 3.64. The summed E-state index contributed by atoms with van der Waals surface area (Å²) in [5.74, 6) is 2.00. The molecule has 3 aromatic heterocycles. The molecule has 7 nitrogen and oxygen atoms in total. The van der Waals surface area contributed by atoms with Gasteiger partial charge in [0.2, 0.25) is 4.96 Å². The zero-order valence-corrected chi connectivity index (χ0v) is 18.4. The van der Waals surface area contributed by atoms with Gasteiger partial charge >= 0.3 is 0 Å². The topological polar surface area (TPSA) is 71.0 Å². The number of hydrogen-bond acceptors (Lipinski definition) is 7. The second-order valence-corrected chi connectivity index (χ2v) is 8.28. The van der Waals surface area contributed by atoms with Crippen LogP contribution in [0.3, 0.4) is 0 Å². The number of methoxy groups -OCH3 is 2. The van der Waals surface area contributed by atoms with Gasteiger partial charge in [-0.15, -0.1) is 5.10 Å². The Morgan fingerprint density at radius 1 is 1.00 bits per heavy atom. The monoisotopic (exact) mass is 435 g/mol. The lowest BCUT2D eigenvalue weighted by molar-refractivity contribution is 0.307. The van der Waals surface area contributed by atoms with Crippen LogP contribution < -0.4 is 14.2 Å². The van der Waals surface area contributed by atoms with E-state index in [2.05, 4.69) is 42.1 Å². The van der Waals surface area contributed by atoms with Gasteiger partial charge in [0, 0.05) is 12.1 Å². The highest BCUT2D eigenvalue weighted by Gasteiger charge is 2.17. The maximum absolute atomic E-state index is 6.19. The number of aromatic nitrogens is 3. The summed E-state index contributed by atoms with van der Waals surface area (Å²) in [6.45, 7) is 4.63. The van der Waals surface area contributed by atoms with Gasteiger partial charge in [0.05, 0.1) is 25.8 Å². The summed E-state index contributed by atoms with van der Waals surface area (Å²) in [7, 11) is 3.21. The molecule has 0 fully saturated rings. The Labute approximate surface area is 182 Å². The van der Waals surface area contributed by atoms with Crippen molar-refractivity contribution in [2.24, 2.45) is 0 Å². The largest absolute Gasteiger partial charge is 0.496 e. The van der Waals surface area contributed by atoms with Gasteiger partial charge in [-0.25, -0.2) is 9.50 Å². The summed E-state index contributed by atoms with van der Waals surface area (Å²) in [6, 6.07) is 12.1. The molecule has 0 bridgehead atoms. The van der Waals surface area contributed by atoms with Crippen LogP contribution in [0.2, 0.25) is 0 Å². The molecule has 0 amide bonds. The Hall–Kier alpha value is -3.52. The van der Waals surface area contributed by atoms with E-state index >= 15 is 0 Å². The molecule has 8 heteroatoms. The van der Waals surface area contributed by atoms with Gasteiger partial charge in [-0.1, -0.05) is 29.3 Å². The number of nitrogens with zero attached hydrogens (tertiary/aromatic N) is 3. The summed E-state index contributed by atoms with van der Waals surface area (Å²) >= 11 is 1.37. The Balaban J connectivity index is 1.51. The summed E-state index contributed by atoms with van der Waals surface area (Å²) in [5, 5.41) is 5.74. The van der Waals surface area contributed by atoms with E-state index in [1.54, 1.807) is 18.7 Å². The third kappa shape index (κ3) is 3.70. The number of aryl methyl sites for hydroxylation is 2. The molecule has 0 aliphatic rings. The third-order valence-electron chi connectivity index (χ3n) is 4.94. The number of fused-ring (bicyclic) bond motifs is 2.